The fourth-order valence-electron chi connectivity index (χ4n) is 1.78. The van der Waals surface area contributed by atoms with Gasteiger partial charge in [-0.3, -0.25) is 0 Å². The van der Waals surface area contributed by atoms with Crippen molar-refractivity contribution in [3.63, 3.8) is 0 Å². The molecule has 0 saturated heterocycles. The van der Waals surface area contributed by atoms with Crippen LogP contribution in [0.4, 0.5) is 0 Å². The zero-order valence-electron chi connectivity index (χ0n) is 9.81. The molecular formula is C12H20O2. The molecule has 1 rings (SSSR count). The number of carbonyl (C=O) groups excluding carboxylic acids is 1. The first-order valence-electron chi connectivity index (χ1n) is 5.10. The molecule has 0 spiro atoms. The summed E-state index contributed by atoms with van der Waals surface area (Å²) in [6.07, 6.45) is 3.69. The highest BCUT2D eigenvalue weighted by atomic mass is 16.6. The number of hydrogen-bond acceptors (Lipinski definition) is 2. The van der Waals surface area contributed by atoms with E-state index in [4.69, 9.17) is 4.74 Å². The van der Waals surface area contributed by atoms with Gasteiger partial charge in [-0.05, 0) is 39.0 Å². The van der Waals surface area contributed by atoms with E-state index in [1.807, 2.05) is 20.8 Å². The second-order valence-electron chi connectivity index (χ2n) is 5.85. The van der Waals surface area contributed by atoms with E-state index in [1.54, 1.807) is 6.08 Å². The van der Waals surface area contributed by atoms with E-state index in [9.17, 15) is 4.79 Å². The average molecular weight is 196 g/mol. The fourth-order valence-corrected chi connectivity index (χ4v) is 1.78. The van der Waals surface area contributed by atoms with Gasteiger partial charge < -0.3 is 4.74 Å². The lowest BCUT2D eigenvalue weighted by atomic mass is 9.68. The SMILES string of the molecule is CC1(C)CC(=CC(=O)OC(C)(C)C)C1. The number of allylic oxidation sites excluding steroid dienone is 1. The van der Waals surface area contributed by atoms with Crippen molar-refractivity contribution in [2.24, 2.45) is 5.41 Å². The smallest absolute Gasteiger partial charge is 0.331 e. The second kappa shape index (κ2) is 3.41. The van der Waals surface area contributed by atoms with E-state index in [0.717, 1.165) is 12.8 Å². The zero-order chi connectivity index (χ0) is 11.0. The van der Waals surface area contributed by atoms with E-state index in [1.165, 1.54) is 5.57 Å². The van der Waals surface area contributed by atoms with Gasteiger partial charge in [-0.1, -0.05) is 19.4 Å². The van der Waals surface area contributed by atoms with Gasteiger partial charge in [0.1, 0.15) is 5.60 Å². The minimum Gasteiger partial charge on any atom is -0.457 e. The van der Waals surface area contributed by atoms with Gasteiger partial charge in [-0.15, -0.1) is 0 Å². The fraction of sp³-hybridized carbons (Fsp3) is 0.750. The van der Waals surface area contributed by atoms with Gasteiger partial charge in [-0.25, -0.2) is 4.79 Å². The van der Waals surface area contributed by atoms with Crippen molar-refractivity contribution in [1.82, 2.24) is 0 Å². The van der Waals surface area contributed by atoms with Crippen molar-refractivity contribution >= 4 is 5.97 Å². The highest BCUT2D eigenvalue weighted by Crippen LogP contribution is 2.44. The van der Waals surface area contributed by atoms with Crippen molar-refractivity contribution < 1.29 is 9.53 Å². The maximum Gasteiger partial charge on any atom is 0.331 e. The van der Waals surface area contributed by atoms with Crippen LogP contribution in [0.25, 0.3) is 0 Å². The number of ether oxygens (including phenoxy) is 1. The maximum absolute atomic E-state index is 11.4. The van der Waals surface area contributed by atoms with E-state index in [-0.39, 0.29) is 11.6 Å². The van der Waals surface area contributed by atoms with Crippen LogP contribution in [0.2, 0.25) is 0 Å². The summed E-state index contributed by atoms with van der Waals surface area (Å²) in [6, 6.07) is 0. The Labute approximate surface area is 86.3 Å². The quantitative estimate of drug-likeness (QED) is 0.476. The largest absolute Gasteiger partial charge is 0.457 e. The highest BCUT2D eigenvalue weighted by molar-refractivity contribution is 5.83. The normalized spacial score (nSPS) is 19.9. The molecule has 1 fully saturated rings. The predicted octanol–water partition coefficient (Wildman–Crippen LogP) is 3.07. The first-order chi connectivity index (χ1) is 6.18. The first kappa shape index (κ1) is 11.3. The summed E-state index contributed by atoms with van der Waals surface area (Å²) < 4.78 is 5.20. The van der Waals surface area contributed by atoms with Gasteiger partial charge in [0.15, 0.2) is 0 Å². The average Bonchev–Trinajstić information content (AvgIpc) is 1.76. The molecule has 0 heterocycles. The summed E-state index contributed by atoms with van der Waals surface area (Å²) >= 11 is 0. The van der Waals surface area contributed by atoms with Crippen LogP contribution in [-0.2, 0) is 9.53 Å². The van der Waals surface area contributed by atoms with Crippen LogP contribution >= 0.6 is 0 Å². The standard InChI is InChI=1S/C12H20O2/c1-11(2,3)14-10(13)6-9-7-12(4,5)8-9/h6H,7-8H2,1-5H3. The first-order valence-corrected chi connectivity index (χ1v) is 5.10. The van der Waals surface area contributed by atoms with Crippen molar-refractivity contribution in [3.8, 4) is 0 Å². The van der Waals surface area contributed by atoms with Crippen LogP contribution in [0.5, 0.6) is 0 Å². The molecule has 0 aromatic heterocycles. The Morgan fingerprint density at radius 2 is 1.86 bits per heavy atom. The number of esters is 1. The van der Waals surface area contributed by atoms with Gasteiger partial charge in [0.2, 0.25) is 0 Å². The van der Waals surface area contributed by atoms with Crippen LogP contribution in [0.15, 0.2) is 11.6 Å². The summed E-state index contributed by atoms with van der Waals surface area (Å²) in [6.45, 7) is 10.1. The van der Waals surface area contributed by atoms with Gasteiger partial charge in [0, 0.05) is 6.08 Å². The molecule has 14 heavy (non-hydrogen) atoms. The number of carbonyl (C=O) groups is 1. The molecule has 1 aliphatic rings. The molecule has 0 bridgehead atoms. The van der Waals surface area contributed by atoms with E-state index < -0.39 is 0 Å². The van der Waals surface area contributed by atoms with Crippen molar-refractivity contribution in [2.45, 2.75) is 53.1 Å². The highest BCUT2D eigenvalue weighted by Gasteiger charge is 2.31. The molecule has 0 amide bonds. The third-order valence-electron chi connectivity index (χ3n) is 2.14. The molecule has 0 unspecified atom stereocenters. The summed E-state index contributed by atoms with van der Waals surface area (Å²) in [7, 11) is 0. The Balaban J connectivity index is 2.43. The summed E-state index contributed by atoms with van der Waals surface area (Å²) in [5, 5.41) is 0. The van der Waals surface area contributed by atoms with E-state index in [0.29, 0.717) is 5.41 Å². The molecule has 0 aliphatic heterocycles. The molecule has 1 saturated carbocycles. The van der Waals surface area contributed by atoms with Crippen LogP contribution in [0, 0.1) is 5.41 Å². The van der Waals surface area contributed by atoms with E-state index >= 15 is 0 Å². The topological polar surface area (TPSA) is 26.3 Å². The van der Waals surface area contributed by atoms with Gasteiger partial charge in [0.25, 0.3) is 0 Å². The van der Waals surface area contributed by atoms with Crippen LogP contribution in [-0.4, -0.2) is 11.6 Å². The molecule has 80 valence electrons. The molecule has 2 heteroatoms. The Morgan fingerprint density at radius 1 is 1.36 bits per heavy atom. The van der Waals surface area contributed by atoms with E-state index in [2.05, 4.69) is 13.8 Å². The number of rotatable bonds is 1. The third-order valence-corrected chi connectivity index (χ3v) is 2.14. The lowest BCUT2D eigenvalue weighted by Gasteiger charge is -2.37. The Hall–Kier alpha value is -0.790. The second-order valence-corrected chi connectivity index (χ2v) is 5.85. The predicted molar refractivity (Wildman–Crippen MR) is 56.9 cm³/mol. The van der Waals surface area contributed by atoms with Crippen molar-refractivity contribution in [3.05, 3.63) is 11.6 Å². The molecule has 2 nitrogen and oxygen atoms in total. The molecular weight excluding hydrogens is 176 g/mol. The molecule has 1 aliphatic carbocycles. The van der Waals surface area contributed by atoms with Crippen molar-refractivity contribution in [2.75, 3.05) is 0 Å². The Morgan fingerprint density at radius 3 is 2.21 bits per heavy atom. The van der Waals surface area contributed by atoms with Crippen LogP contribution in [0.3, 0.4) is 0 Å². The Kier molecular flexibility index (Phi) is 2.75. The van der Waals surface area contributed by atoms with Gasteiger partial charge in [-0.2, -0.15) is 0 Å². The van der Waals surface area contributed by atoms with Gasteiger partial charge in [0.05, 0.1) is 0 Å². The third kappa shape index (κ3) is 3.52. The lowest BCUT2D eigenvalue weighted by Crippen LogP contribution is -2.27. The minimum atomic E-state index is -0.382. The molecule has 0 aromatic carbocycles. The summed E-state index contributed by atoms with van der Waals surface area (Å²) in [5.41, 5.74) is 1.21. The number of hydrogen-bond donors (Lipinski definition) is 0. The van der Waals surface area contributed by atoms with Gasteiger partial charge >= 0.3 is 5.97 Å². The molecule has 0 N–H and O–H groups in total. The molecule has 0 atom stereocenters. The monoisotopic (exact) mass is 196 g/mol. The molecule has 0 aromatic rings. The minimum absolute atomic E-state index is 0.206. The van der Waals surface area contributed by atoms with Crippen molar-refractivity contribution in [1.29, 1.82) is 0 Å². The zero-order valence-corrected chi connectivity index (χ0v) is 9.81. The van der Waals surface area contributed by atoms with Crippen LogP contribution in [0.1, 0.15) is 47.5 Å². The summed E-state index contributed by atoms with van der Waals surface area (Å²) in [4.78, 5) is 11.4. The van der Waals surface area contributed by atoms with Crippen LogP contribution < -0.4 is 0 Å². The summed E-state index contributed by atoms with van der Waals surface area (Å²) in [5.74, 6) is -0.206. The Bertz CT molecular complexity index is 257. The maximum atomic E-state index is 11.4. The molecule has 0 radical (unpaired) electrons. The lowest BCUT2D eigenvalue weighted by molar-refractivity contribution is -0.148.